The van der Waals surface area contributed by atoms with Gasteiger partial charge in [0.1, 0.15) is 11.3 Å². The Bertz CT molecular complexity index is 1390. The molecule has 0 aliphatic heterocycles. The maximum absolute atomic E-state index is 12.8. The minimum absolute atomic E-state index is 0.341. The number of fused-ring (bicyclic) bond motifs is 1. The Labute approximate surface area is 192 Å². The third kappa shape index (κ3) is 3.99. The zero-order valence-corrected chi connectivity index (χ0v) is 19.2. The van der Waals surface area contributed by atoms with Crippen LogP contribution in [0, 0.1) is 6.92 Å². The number of aryl methyl sites for hydroxylation is 1. The van der Waals surface area contributed by atoms with E-state index in [9.17, 15) is 9.59 Å². The van der Waals surface area contributed by atoms with E-state index in [2.05, 4.69) is 15.9 Å². The highest BCUT2D eigenvalue weighted by molar-refractivity contribution is 9.10. The summed E-state index contributed by atoms with van der Waals surface area (Å²) in [6.07, 6.45) is 0. The van der Waals surface area contributed by atoms with Crippen molar-refractivity contribution < 1.29 is 23.4 Å². The summed E-state index contributed by atoms with van der Waals surface area (Å²) >= 11 is 3.36. The van der Waals surface area contributed by atoms with Crippen LogP contribution in [0.4, 0.5) is 0 Å². The van der Waals surface area contributed by atoms with Crippen LogP contribution in [0.2, 0.25) is 0 Å². The molecular weight excluding hydrogens is 476 g/mol. The predicted octanol–water partition coefficient (Wildman–Crippen LogP) is 5.77. The summed E-state index contributed by atoms with van der Waals surface area (Å²) in [5, 5.41) is 0.659. The first-order valence-corrected chi connectivity index (χ1v) is 10.5. The first-order chi connectivity index (χ1) is 15.4. The van der Waals surface area contributed by atoms with Crippen LogP contribution in [0.5, 0.6) is 17.2 Å². The van der Waals surface area contributed by atoms with Gasteiger partial charge < -0.3 is 18.6 Å². The number of methoxy groups -OCH3 is 2. The number of ether oxygens (including phenoxy) is 3. The van der Waals surface area contributed by atoms with Crippen molar-refractivity contribution in [3.63, 3.8) is 0 Å². The SMILES string of the molecule is COc1ccc(-c2c(C)c3cc(OC(=O)c4ccccc4Br)ccc3oc2=O)cc1OC. The topological polar surface area (TPSA) is 75.0 Å². The van der Waals surface area contributed by atoms with Crippen molar-refractivity contribution in [2.75, 3.05) is 14.2 Å². The number of carbonyl (C=O) groups excluding carboxylic acids is 1. The van der Waals surface area contributed by atoms with E-state index in [4.69, 9.17) is 18.6 Å². The molecule has 0 radical (unpaired) electrons. The molecule has 0 aliphatic carbocycles. The van der Waals surface area contributed by atoms with E-state index in [1.165, 1.54) is 7.11 Å². The van der Waals surface area contributed by atoms with Gasteiger partial charge in [-0.15, -0.1) is 0 Å². The fraction of sp³-hybridized carbons (Fsp3) is 0.120. The molecule has 3 aromatic carbocycles. The molecule has 1 heterocycles. The Hall–Kier alpha value is -3.58. The lowest BCUT2D eigenvalue weighted by atomic mass is 9.99. The second-order valence-electron chi connectivity index (χ2n) is 6.99. The smallest absolute Gasteiger partial charge is 0.344 e. The summed E-state index contributed by atoms with van der Waals surface area (Å²) in [5.41, 5.74) is 2.06. The van der Waals surface area contributed by atoms with Gasteiger partial charge in [0.15, 0.2) is 11.5 Å². The summed E-state index contributed by atoms with van der Waals surface area (Å²) in [5.74, 6) is 0.904. The van der Waals surface area contributed by atoms with E-state index in [0.29, 0.717) is 54.9 Å². The highest BCUT2D eigenvalue weighted by Crippen LogP contribution is 2.35. The third-order valence-corrected chi connectivity index (χ3v) is 5.80. The van der Waals surface area contributed by atoms with Crippen molar-refractivity contribution in [2.45, 2.75) is 6.92 Å². The number of hydrogen-bond donors (Lipinski definition) is 0. The van der Waals surface area contributed by atoms with Gasteiger partial charge in [0.05, 0.1) is 25.3 Å². The predicted molar refractivity (Wildman–Crippen MR) is 125 cm³/mol. The van der Waals surface area contributed by atoms with Crippen LogP contribution in [-0.2, 0) is 0 Å². The minimum Gasteiger partial charge on any atom is -0.493 e. The van der Waals surface area contributed by atoms with Crippen LogP contribution in [-0.4, -0.2) is 20.2 Å². The number of esters is 1. The normalized spacial score (nSPS) is 10.8. The molecule has 32 heavy (non-hydrogen) atoms. The minimum atomic E-state index is -0.494. The average Bonchev–Trinajstić information content (AvgIpc) is 2.79. The molecule has 0 saturated heterocycles. The summed E-state index contributed by atoms with van der Waals surface area (Å²) in [4.78, 5) is 25.3. The third-order valence-electron chi connectivity index (χ3n) is 5.11. The van der Waals surface area contributed by atoms with Crippen molar-refractivity contribution in [2.24, 2.45) is 0 Å². The van der Waals surface area contributed by atoms with Crippen molar-refractivity contribution in [1.82, 2.24) is 0 Å². The molecule has 7 heteroatoms. The van der Waals surface area contributed by atoms with Crippen LogP contribution >= 0.6 is 15.9 Å². The van der Waals surface area contributed by atoms with Gasteiger partial charge in [-0.2, -0.15) is 0 Å². The van der Waals surface area contributed by atoms with Crippen molar-refractivity contribution >= 4 is 32.9 Å². The molecule has 0 saturated carbocycles. The maximum Gasteiger partial charge on any atom is 0.344 e. The van der Waals surface area contributed by atoms with Crippen LogP contribution in [0.3, 0.4) is 0 Å². The lowest BCUT2D eigenvalue weighted by molar-refractivity contribution is 0.0734. The van der Waals surface area contributed by atoms with Gasteiger partial charge in [-0.3, -0.25) is 0 Å². The highest BCUT2D eigenvalue weighted by atomic mass is 79.9. The maximum atomic E-state index is 12.8. The molecule has 0 atom stereocenters. The van der Waals surface area contributed by atoms with Crippen molar-refractivity contribution in [3.05, 3.63) is 86.7 Å². The van der Waals surface area contributed by atoms with E-state index in [-0.39, 0.29) is 0 Å². The quantitative estimate of drug-likeness (QED) is 0.199. The Morgan fingerprint density at radius 3 is 2.41 bits per heavy atom. The van der Waals surface area contributed by atoms with Gasteiger partial charge in [-0.25, -0.2) is 9.59 Å². The number of carbonyl (C=O) groups is 1. The molecule has 0 bridgehead atoms. The highest BCUT2D eigenvalue weighted by Gasteiger charge is 2.17. The molecule has 0 fully saturated rings. The Morgan fingerprint density at radius 2 is 1.69 bits per heavy atom. The van der Waals surface area contributed by atoms with E-state index >= 15 is 0 Å². The summed E-state index contributed by atoms with van der Waals surface area (Å²) in [7, 11) is 3.08. The molecule has 4 rings (SSSR count). The summed E-state index contributed by atoms with van der Waals surface area (Å²) in [6.45, 7) is 1.82. The molecule has 0 spiro atoms. The molecule has 162 valence electrons. The van der Waals surface area contributed by atoms with Crippen molar-refractivity contribution in [3.8, 4) is 28.4 Å². The number of halogens is 1. The van der Waals surface area contributed by atoms with Crippen LogP contribution < -0.4 is 19.8 Å². The molecule has 6 nitrogen and oxygen atoms in total. The van der Waals surface area contributed by atoms with Gasteiger partial charge >= 0.3 is 11.6 Å². The van der Waals surface area contributed by atoms with Crippen molar-refractivity contribution in [1.29, 1.82) is 0 Å². The van der Waals surface area contributed by atoms with Gasteiger partial charge in [-0.1, -0.05) is 18.2 Å². The number of hydrogen-bond acceptors (Lipinski definition) is 6. The fourth-order valence-corrected chi connectivity index (χ4v) is 3.95. The largest absolute Gasteiger partial charge is 0.493 e. The van der Waals surface area contributed by atoms with Gasteiger partial charge in [0, 0.05) is 9.86 Å². The second kappa shape index (κ2) is 8.88. The number of rotatable bonds is 5. The standard InChI is InChI=1S/C25H19BrO6/c1-14-18-13-16(31-24(27)17-6-4-5-7-19(17)26)9-11-20(18)32-25(28)23(14)15-8-10-21(29-2)22(12-15)30-3/h4-13H,1-3H3. The zero-order chi connectivity index (χ0) is 22.8. The van der Waals surface area contributed by atoms with E-state index in [0.717, 1.165) is 0 Å². The van der Waals surface area contributed by atoms with E-state index < -0.39 is 11.6 Å². The fourth-order valence-electron chi connectivity index (χ4n) is 3.51. The molecule has 0 aliphatic rings. The zero-order valence-electron chi connectivity index (χ0n) is 17.6. The Balaban J connectivity index is 1.78. The first kappa shape index (κ1) is 21.6. The van der Waals surface area contributed by atoms with Gasteiger partial charge in [0.25, 0.3) is 0 Å². The second-order valence-corrected chi connectivity index (χ2v) is 7.84. The Kier molecular flexibility index (Phi) is 6.01. The van der Waals surface area contributed by atoms with Gasteiger partial charge in [-0.05, 0) is 76.4 Å². The molecule has 0 unspecified atom stereocenters. The Morgan fingerprint density at radius 1 is 0.938 bits per heavy atom. The lowest BCUT2D eigenvalue weighted by Crippen LogP contribution is -2.10. The molecule has 1 aromatic heterocycles. The summed E-state index contributed by atoms with van der Waals surface area (Å²) in [6, 6.07) is 17.1. The molecule has 4 aromatic rings. The van der Waals surface area contributed by atoms with Crippen LogP contribution in [0.1, 0.15) is 15.9 Å². The summed E-state index contributed by atoms with van der Waals surface area (Å²) < 4.78 is 22.4. The monoisotopic (exact) mass is 494 g/mol. The number of benzene rings is 3. The first-order valence-electron chi connectivity index (χ1n) is 9.69. The van der Waals surface area contributed by atoms with E-state index in [1.807, 2.05) is 13.0 Å². The van der Waals surface area contributed by atoms with Gasteiger partial charge in [0.2, 0.25) is 0 Å². The van der Waals surface area contributed by atoms with Crippen LogP contribution in [0.25, 0.3) is 22.1 Å². The molecule has 0 amide bonds. The van der Waals surface area contributed by atoms with Crippen LogP contribution in [0.15, 0.2) is 74.3 Å². The average molecular weight is 495 g/mol. The van der Waals surface area contributed by atoms with E-state index in [1.54, 1.807) is 61.7 Å². The molecular formula is C25H19BrO6. The lowest BCUT2D eigenvalue weighted by Gasteiger charge is -2.12. The molecule has 0 N–H and O–H groups in total.